The topological polar surface area (TPSA) is 67.4 Å². The maximum absolute atomic E-state index is 11.2. The molecule has 1 rings (SSSR count). The van der Waals surface area contributed by atoms with Crippen LogP contribution in [0, 0.1) is 0 Å². The zero-order valence-electron chi connectivity index (χ0n) is 9.77. The monoisotopic (exact) mass is 268 g/mol. The number of hydrogen-bond donors (Lipinski definition) is 2. The molecule has 2 N–H and O–H groups in total. The smallest absolute Gasteiger partial charge is 0.325 e. The Labute approximate surface area is 110 Å². The summed E-state index contributed by atoms with van der Waals surface area (Å²) in [5.41, 5.74) is 0.896. The highest BCUT2D eigenvalue weighted by Gasteiger charge is 2.02. The van der Waals surface area contributed by atoms with Gasteiger partial charge in [0.1, 0.15) is 6.54 Å². The average molecular weight is 269 g/mol. The highest BCUT2D eigenvalue weighted by molar-refractivity contribution is 6.30. The van der Waals surface area contributed by atoms with E-state index in [1.54, 1.807) is 18.2 Å². The Kier molecular flexibility index (Phi) is 5.73. The maximum Gasteiger partial charge on any atom is 0.325 e. The van der Waals surface area contributed by atoms with Crippen LogP contribution >= 0.6 is 11.6 Å². The van der Waals surface area contributed by atoms with Crippen molar-refractivity contribution in [1.29, 1.82) is 0 Å². The molecule has 0 unspecified atom stereocenters. The van der Waals surface area contributed by atoms with E-state index >= 15 is 0 Å². The molecule has 1 aromatic carbocycles. The van der Waals surface area contributed by atoms with Crippen LogP contribution in [0.5, 0.6) is 0 Å². The Bertz CT molecular complexity index is 443. The average Bonchev–Trinajstić information content (AvgIpc) is 2.38. The lowest BCUT2D eigenvalue weighted by Gasteiger charge is -2.02. The summed E-state index contributed by atoms with van der Waals surface area (Å²) in [5.74, 6) is -0.508. The molecule has 0 radical (unpaired) electrons. The van der Waals surface area contributed by atoms with E-state index in [1.807, 2.05) is 12.1 Å². The highest BCUT2D eigenvalue weighted by atomic mass is 35.5. The number of amides is 2. The second-order valence-corrected chi connectivity index (χ2v) is 3.72. The van der Waals surface area contributed by atoms with Crippen LogP contribution in [0.3, 0.4) is 0 Å². The SMILES string of the molecule is COC(=O)CNC(=O)N/C=C/c1ccc(Cl)cc1. The second-order valence-electron chi connectivity index (χ2n) is 3.29. The summed E-state index contributed by atoms with van der Waals surface area (Å²) < 4.78 is 4.37. The molecular weight excluding hydrogens is 256 g/mol. The normalized spacial score (nSPS) is 10.1. The molecule has 0 saturated carbocycles. The molecule has 6 heteroatoms. The number of halogens is 1. The van der Waals surface area contributed by atoms with Gasteiger partial charge in [-0.25, -0.2) is 4.79 Å². The van der Waals surface area contributed by atoms with E-state index in [0.717, 1.165) is 5.56 Å². The first-order valence-electron chi connectivity index (χ1n) is 5.15. The molecule has 0 bridgehead atoms. The van der Waals surface area contributed by atoms with Crippen molar-refractivity contribution in [2.24, 2.45) is 0 Å². The van der Waals surface area contributed by atoms with Gasteiger partial charge in [0.05, 0.1) is 7.11 Å². The molecule has 5 nitrogen and oxygen atoms in total. The summed E-state index contributed by atoms with van der Waals surface area (Å²) in [5, 5.41) is 5.43. The van der Waals surface area contributed by atoms with Gasteiger partial charge >= 0.3 is 12.0 Å². The third kappa shape index (κ3) is 5.36. The predicted octanol–water partition coefficient (Wildman–Crippen LogP) is 1.78. The van der Waals surface area contributed by atoms with E-state index in [4.69, 9.17) is 11.6 Å². The van der Waals surface area contributed by atoms with Crippen molar-refractivity contribution in [3.05, 3.63) is 41.1 Å². The molecule has 0 saturated heterocycles. The Morgan fingerprint density at radius 3 is 2.61 bits per heavy atom. The van der Waals surface area contributed by atoms with E-state index in [9.17, 15) is 9.59 Å². The highest BCUT2D eigenvalue weighted by Crippen LogP contribution is 2.10. The van der Waals surface area contributed by atoms with Gasteiger partial charge < -0.3 is 15.4 Å². The van der Waals surface area contributed by atoms with Crippen LogP contribution in [-0.2, 0) is 9.53 Å². The number of ether oxygens (including phenoxy) is 1. The Morgan fingerprint density at radius 2 is 2.00 bits per heavy atom. The number of carbonyl (C=O) groups is 2. The summed E-state index contributed by atoms with van der Waals surface area (Å²) in [6.45, 7) is -0.170. The maximum atomic E-state index is 11.2. The summed E-state index contributed by atoms with van der Waals surface area (Å²) in [7, 11) is 1.25. The summed E-state index contributed by atoms with van der Waals surface area (Å²) in [4.78, 5) is 22.0. The first kappa shape index (κ1) is 14.1. The van der Waals surface area contributed by atoms with Gasteiger partial charge in [-0.2, -0.15) is 0 Å². The van der Waals surface area contributed by atoms with Crippen LogP contribution in [0.15, 0.2) is 30.5 Å². The van der Waals surface area contributed by atoms with Gasteiger partial charge in [0.2, 0.25) is 0 Å². The fourth-order valence-electron chi connectivity index (χ4n) is 1.06. The summed E-state index contributed by atoms with van der Waals surface area (Å²) in [6, 6.07) is 6.64. The molecule has 18 heavy (non-hydrogen) atoms. The molecule has 0 fully saturated rings. The first-order chi connectivity index (χ1) is 8.61. The van der Waals surface area contributed by atoms with Gasteiger partial charge in [-0.3, -0.25) is 4.79 Å². The van der Waals surface area contributed by atoms with Crippen LogP contribution in [0.25, 0.3) is 6.08 Å². The third-order valence-corrected chi connectivity index (χ3v) is 2.23. The van der Waals surface area contributed by atoms with Gasteiger partial charge in [-0.05, 0) is 23.8 Å². The van der Waals surface area contributed by atoms with Crippen LogP contribution < -0.4 is 10.6 Å². The summed E-state index contributed by atoms with van der Waals surface area (Å²) in [6.07, 6.45) is 3.17. The fourth-order valence-corrected chi connectivity index (χ4v) is 1.19. The van der Waals surface area contributed by atoms with Crippen molar-refractivity contribution < 1.29 is 14.3 Å². The van der Waals surface area contributed by atoms with Gasteiger partial charge in [0, 0.05) is 11.2 Å². The van der Waals surface area contributed by atoms with Gasteiger partial charge in [-0.1, -0.05) is 23.7 Å². The minimum Gasteiger partial charge on any atom is -0.468 e. The number of esters is 1. The number of carbonyl (C=O) groups excluding carboxylic acids is 2. The molecule has 0 atom stereocenters. The molecule has 0 aliphatic rings. The third-order valence-electron chi connectivity index (χ3n) is 1.98. The Morgan fingerprint density at radius 1 is 1.33 bits per heavy atom. The van der Waals surface area contributed by atoms with Crippen molar-refractivity contribution in [3.8, 4) is 0 Å². The molecule has 2 amide bonds. The van der Waals surface area contributed by atoms with Crippen molar-refractivity contribution in [3.63, 3.8) is 0 Å². The lowest BCUT2D eigenvalue weighted by atomic mass is 10.2. The second kappa shape index (κ2) is 7.34. The molecule has 0 aliphatic heterocycles. The van der Waals surface area contributed by atoms with E-state index in [2.05, 4.69) is 15.4 Å². The Hall–Kier alpha value is -2.01. The zero-order chi connectivity index (χ0) is 13.4. The van der Waals surface area contributed by atoms with Crippen LogP contribution in [0.2, 0.25) is 5.02 Å². The predicted molar refractivity (Wildman–Crippen MR) is 69.0 cm³/mol. The fraction of sp³-hybridized carbons (Fsp3) is 0.167. The number of methoxy groups -OCH3 is 1. The molecule has 0 aliphatic carbocycles. The van der Waals surface area contributed by atoms with Crippen molar-refractivity contribution in [1.82, 2.24) is 10.6 Å². The molecule has 96 valence electrons. The first-order valence-corrected chi connectivity index (χ1v) is 5.53. The van der Waals surface area contributed by atoms with Crippen molar-refractivity contribution >= 4 is 29.7 Å². The number of nitrogens with one attached hydrogen (secondary N) is 2. The van der Waals surface area contributed by atoms with E-state index in [1.165, 1.54) is 13.3 Å². The largest absolute Gasteiger partial charge is 0.468 e. The van der Waals surface area contributed by atoms with Crippen molar-refractivity contribution in [2.75, 3.05) is 13.7 Å². The standard InChI is InChI=1S/C12H13ClN2O3/c1-18-11(16)8-15-12(17)14-7-6-9-2-4-10(13)5-3-9/h2-7H,8H2,1H3,(H2,14,15,17)/b7-6+. The number of benzene rings is 1. The minimum absolute atomic E-state index is 0.170. The van der Waals surface area contributed by atoms with E-state index < -0.39 is 12.0 Å². The molecule has 1 aromatic rings. The molecular formula is C12H13ClN2O3. The van der Waals surface area contributed by atoms with Crippen molar-refractivity contribution in [2.45, 2.75) is 0 Å². The minimum atomic E-state index is -0.508. The quantitative estimate of drug-likeness (QED) is 0.818. The number of urea groups is 1. The van der Waals surface area contributed by atoms with Gasteiger partial charge in [-0.15, -0.1) is 0 Å². The molecule has 0 spiro atoms. The van der Waals surface area contributed by atoms with Gasteiger partial charge in [0.25, 0.3) is 0 Å². The number of hydrogen-bond acceptors (Lipinski definition) is 3. The van der Waals surface area contributed by atoms with Crippen LogP contribution in [0.1, 0.15) is 5.56 Å². The van der Waals surface area contributed by atoms with E-state index in [0.29, 0.717) is 5.02 Å². The lowest BCUT2D eigenvalue weighted by Crippen LogP contribution is -2.36. The van der Waals surface area contributed by atoms with Gasteiger partial charge in [0.15, 0.2) is 0 Å². The molecule has 0 aromatic heterocycles. The lowest BCUT2D eigenvalue weighted by molar-refractivity contribution is -0.139. The van der Waals surface area contributed by atoms with Crippen LogP contribution in [-0.4, -0.2) is 25.7 Å². The van der Waals surface area contributed by atoms with Crippen LogP contribution in [0.4, 0.5) is 4.79 Å². The number of rotatable bonds is 4. The summed E-state index contributed by atoms with van der Waals surface area (Å²) >= 11 is 5.73. The molecule has 0 heterocycles. The van der Waals surface area contributed by atoms with E-state index in [-0.39, 0.29) is 6.54 Å². The zero-order valence-corrected chi connectivity index (χ0v) is 10.5. The Balaban J connectivity index is 2.33.